The number of rotatable bonds is 8. The number of nitrogens with one attached hydrogen (secondary N) is 1. The van der Waals surface area contributed by atoms with E-state index in [0.717, 1.165) is 31.2 Å². The first-order valence-electron chi connectivity index (χ1n) is 11.8. The van der Waals surface area contributed by atoms with Crippen LogP contribution in [0.2, 0.25) is 0 Å². The fourth-order valence-corrected chi connectivity index (χ4v) is 5.16. The van der Waals surface area contributed by atoms with E-state index < -0.39 is 10.0 Å². The number of carbonyl (C=O) groups excluding carboxylic acids is 2. The Morgan fingerprint density at radius 2 is 1.91 bits per heavy atom. The van der Waals surface area contributed by atoms with Crippen molar-refractivity contribution in [2.75, 3.05) is 30.0 Å². The van der Waals surface area contributed by atoms with Crippen molar-refractivity contribution >= 4 is 38.8 Å². The van der Waals surface area contributed by atoms with Gasteiger partial charge < -0.3 is 10.2 Å². The number of fused-ring (bicyclic) bond motifs is 1. The van der Waals surface area contributed by atoms with Gasteiger partial charge >= 0.3 is 0 Å². The van der Waals surface area contributed by atoms with E-state index in [1.165, 1.54) is 24.0 Å². The topological polar surface area (TPSA) is 99.7 Å². The minimum atomic E-state index is -3.50. The van der Waals surface area contributed by atoms with Crippen molar-refractivity contribution in [1.29, 1.82) is 0 Å². The summed E-state index contributed by atoms with van der Waals surface area (Å²) in [5.41, 5.74) is 4.54. The van der Waals surface area contributed by atoms with Crippen LogP contribution in [-0.4, -0.2) is 50.3 Å². The highest BCUT2D eigenvalue weighted by Crippen LogP contribution is 2.41. The summed E-state index contributed by atoms with van der Waals surface area (Å²) in [5.74, 6) is 0.610. The number of anilines is 3. The van der Waals surface area contributed by atoms with Crippen LogP contribution in [-0.2, 0) is 27.8 Å². The Balaban J connectivity index is 1.56. The van der Waals surface area contributed by atoms with Gasteiger partial charge in [-0.05, 0) is 55.4 Å². The maximum absolute atomic E-state index is 12.9. The molecule has 0 saturated heterocycles. The highest BCUT2D eigenvalue weighted by molar-refractivity contribution is 7.92. The van der Waals surface area contributed by atoms with Crippen molar-refractivity contribution in [2.24, 2.45) is 5.92 Å². The summed E-state index contributed by atoms with van der Waals surface area (Å²) in [6, 6.07) is 7.61. The van der Waals surface area contributed by atoms with Crippen LogP contribution in [0, 0.1) is 5.92 Å². The molecular weight excluding hydrogens is 452 g/mol. The Morgan fingerprint density at radius 3 is 2.53 bits per heavy atom. The minimum Gasteiger partial charge on any atom is -0.353 e. The molecule has 1 aromatic carbocycles. The summed E-state index contributed by atoms with van der Waals surface area (Å²) in [5, 5.41) is 3.33. The van der Waals surface area contributed by atoms with Crippen molar-refractivity contribution in [1.82, 2.24) is 9.88 Å². The minimum absolute atomic E-state index is 0.129. The summed E-state index contributed by atoms with van der Waals surface area (Å²) in [4.78, 5) is 31.6. The smallest absolute Gasteiger partial charge is 0.257 e. The second-order valence-electron chi connectivity index (χ2n) is 9.82. The molecule has 34 heavy (non-hydrogen) atoms. The lowest BCUT2D eigenvalue weighted by Crippen LogP contribution is -2.26. The lowest BCUT2D eigenvalue weighted by atomic mass is 9.80. The van der Waals surface area contributed by atoms with Gasteiger partial charge in [0.15, 0.2) is 0 Å². The number of pyridine rings is 1. The molecule has 2 heterocycles. The maximum Gasteiger partial charge on any atom is 0.257 e. The van der Waals surface area contributed by atoms with E-state index in [-0.39, 0.29) is 24.0 Å². The molecule has 5 rings (SSSR count). The number of amides is 1. The van der Waals surface area contributed by atoms with Gasteiger partial charge in [-0.3, -0.25) is 18.9 Å². The molecule has 0 atom stereocenters. The standard InChI is InChI=1S/C25H30N4O4S/c1-28-14-21-24(25(28)31)20(12-18(26-21)13-23(30)16-7-8-16)27-19-10-9-17(15-5-4-6-15)11-22(19)29(2)34(3,32)33/h9-12,15-16H,4-8,13-14H2,1-3H3,(H,26,27). The molecule has 2 aliphatic carbocycles. The molecule has 1 amide bonds. The summed E-state index contributed by atoms with van der Waals surface area (Å²) in [7, 11) is -0.239. The number of carbonyl (C=O) groups is 2. The molecule has 1 aliphatic heterocycles. The number of benzene rings is 1. The van der Waals surface area contributed by atoms with Crippen molar-refractivity contribution in [3.63, 3.8) is 0 Å². The summed E-state index contributed by atoms with van der Waals surface area (Å²) >= 11 is 0. The lowest BCUT2D eigenvalue weighted by Gasteiger charge is -2.28. The monoisotopic (exact) mass is 482 g/mol. The maximum atomic E-state index is 12.9. The Kier molecular flexibility index (Phi) is 5.62. The summed E-state index contributed by atoms with van der Waals surface area (Å²) in [6.45, 7) is 0.380. The normalized spacial score (nSPS) is 18.0. The zero-order valence-corrected chi connectivity index (χ0v) is 20.6. The highest BCUT2D eigenvalue weighted by Gasteiger charge is 2.33. The molecule has 2 aromatic rings. The van der Waals surface area contributed by atoms with Gasteiger partial charge in [0.25, 0.3) is 5.91 Å². The average molecular weight is 483 g/mol. The number of hydrogen-bond acceptors (Lipinski definition) is 6. The number of sulfonamides is 1. The van der Waals surface area contributed by atoms with Crippen LogP contribution in [0.5, 0.6) is 0 Å². The second-order valence-corrected chi connectivity index (χ2v) is 11.8. The van der Waals surface area contributed by atoms with E-state index in [4.69, 9.17) is 0 Å². The number of Topliss-reactive ketones (excluding diaryl/α,β-unsaturated/α-hetero) is 1. The first kappa shape index (κ1) is 22.8. The Labute approximate surface area is 200 Å². The molecule has 0 bridgehead atoms. The van der Waals surface area contributed by atoms with Gasteiger partial charge in [0.1, 0.15) is 5.78 Å². The molecule has 9 heteroatoms. The fourth-order valence-electron chi connectivity index (χ4n) is 4.65. The molecular formula is C25H30N4O4S. The van der Waals surface area contributed by atoms with Gasteiger partial charge in [0.05, 0.1) is 46.8 Å². The van der Waals surface area contributed by atoms with Crippen LogP contribution in [0.15, 0.2) is 24.3 Å². The number of nitrogens with zero attached hydrogens (tertiary/aromatic N) is 3. The fraction of sp³-hybridized carbons (Fsp3) is 0.480. The van der Waals surface area contributed by atoms with Crippen LogP contribution in [0.25, 0.3) is 0 Å². The molecule has 0 spiro atoms. The molecule has 8 nitrogen and oxygen atoms in total. The van der Waals surface area contributed by atoms with Gasteiger partial charge in [-0.25, -0.2) is 8.42 Å². The third-order valence-electron chi connectivity index (χ3n) is 7.19. The van der Waals surface area contributed by atoms with Crippen molar-refractivity contribution in [3.05, 3.63) is 46.8 Å². The largest absolute Gasteiger partial charge is 0.353 e. The Bertz CT molecular complexity index is 1280. The molecule has 180 valence electrons. The van der Waals surface area contributed by atoms with Gasteiger partial charge in [-0.15, -0.1) is 0 Å². The third kappa shape index (κ3) is 4.29. The quantitative estimate of drug-likeness (QED) is 0.617. The number of aromatic nitrogens is 1. The van der Waals surface area contributed by atoms with E-state index in [1.807, 2.05) is 18.2 Å². The first-order chi connectivity index (χ1) is 16.1. The number of ketones is 1. The molecule has 1 N–H and O–H groups in total. The Morgan fingerprint density at radius 1 is 1.18 bits per heavy atom. The van der Waals surface area contributed by atoms with E-state index in [0.29, 0.717) is 46.5 Å². The zero-order chi connectivity index (χ0) is 24.2. The number of hydrogen-bond donors (Lipinski definition) is 1. The van der Waals surface area contributed by atoms with Crippen molar-refractivity contribution in [3.8, 4) is 0 Å². The Hall–Kier alpha value is -2.94. The van der Waals surface area contributed by atoms with E-state index in [1.54, 1.807) is 18.0 Å². The molecule has 2 fully saturated rings. The zero-order valence-electron chi connectivity index (χ0n) is 19.8. The van der Waals surface area contributed by atoms with Crippen LogP contribution in [0.4, 0.5) is 17.1 Å². The first-order valence-corrected chi connectivity index (χ1v) is 13.6. The SMILES string of the molecule is CN1Cc2nc(CC(=O)C3CC3)cc(Nc3ccc(C4CCC4)cc3N(C)S(C)(=O)=O)c2C1=O. The molecule has 0 radical (unpaired) electrons. The van der Waals surface area contributed by atoms with E-state index >= 15 is 0 Å². The summed E-state index contributed by atoms with van der Waals surface area (Å²) < 4.78 is 26.1. The molecule has 2 saturated carbocycles. The van der Waals surface area contributed by atoms with Crippen molar-refractivity contribution < 1.29 is 18.0 Å². The van der Waals surface area contributed by atoms with Crippen LogP contribution in [0.3, 0.4) is 0 Å². The van der Waals surface area contributed by atoms with E-state index in [2.05, 4.69) is 10.3 Å². The molecule has 3 aliphatic rings. The van der Waals surface area contributed by atoms with E-state index in [9.17, 15) is 18.0 Å². The second kappa shape index (κ2) is 8.37. The predicted molar refractivity (Wildman–Crippen MR) is 131 cm³/mol. The highest BCUT2D eigenvalue weighted by atomic mass is 32.2. The van der Waals surface area contributed by atoms with Gasteiger partial charge in [-0.2, -0.15) is 0 Å². The average Bonchev–Trinajstić information content (AvgIpc) is 3.53. The lowest BCUT2D eigenvalue weighted by molar-refractivity contribution is -0.119. The van der Waals surface area contributed by atoms with Gasteiger partial charge in [0.2, 0.25) is 10.0 Å². The van der Waals surface area contributed by atoms with Gasteiger partial charge in [0, 0.05) is 26.4 Å². The van der Waals surface area contributed by atoms with Crippen LogP contribution in [0.1, 0.15) is 65.3 Å². The van der Waals surface area contributed by atoms with Crippen LogP contribution >= 0.6 is 0 Å². The molecule has 1 aromatic heterocycles. The third-order valence-corrected chi connectivity index (χ3v) is 8.38. The molecule has 0 unspecified atom stereocenters. The van der Waals surface area contributed by atoms with Gasteiger partial charge in [-0.1, -0.05) is 12.5 Å². The summed E-state index contributed by atoms with van der Waals surface area (Å²) in [6.07, 6.45) is 6.67. The predicted octanol–water partition coefficient (Wildman–Crippen LogP) is 3.60. The van der Waals surface area contributed by atoms with Crippen molar-refractivity contribution in [2.45, 2.75) is 51.0 Å². The van der Waals surface area contributed by atoms with Crippen LogP contribution < -0.4 is 9.62 Å².